The van der Waals surface area contributed by atoms with Crippen LogP contribution >= 0.6 is 0 Å². The molecule has 0 heterocycles. The topological polar surface area (TPSA) is 184 Å². The summed E-state index contributed by atoms with van der Waals surface area (Å²) in [7, 11) is -30.7. The number of halogens is 5. The Labute approximate surface area is 409 Å². The molecule has 1 unspecified atom stereocenters. The lowest BCUT2D eigenvalue weighted by Crippen LogP contribution is -2.77. The zero-order valence-electron chi connectivity index (χ0n) is 42.0. The predicted octanol–water partition coefficient (Wildman–Crippen LogP) is 11.7. The normalized spacial score (nSPS) is 14.6. The minimum absolute atomic E-state index is 0.0212. The van der Waals surface area contributed by atoms with E-state index < -0.39 is 145 Å². The molecule has 15 nitrogen and oxygen atoms in total. The molecule has 0 saturated heterocycles. The number of likely N-dealkylation sites (N-methyl/N-ethyl adjacent to an activating group) is 1. The van der Waals surface area contributed by atoms with Crippen molar-refractivity contribution in [2.24, 2.45) is 0 Å². The van der Waals surface area contributed by atoms with Gasteiger partial charge in [0.2, 0.25) is 40.1 Å². The van der Waals surface area contributed by atoms with E-state index in [0.717, 1.165) is 44.9 Å². The van der Waals surface area contributed by atoms with Crippen LogP contribution in [0.1, 0.15) is 227 Å². The monoisotopic (exact) mass is 1090 g/mol. The first-order valence-electron chi connectivity index (χ1n) is 25.2. The summed E-state index contributed by atoms with van der Waals surface area (Å²) in [5.74, 6) is -13.0. The molecule has 25 heteroatoms. The molecule has 409 valence electrons. The largest absolute Gasteiger partial charge is 0.385 e. The lowest BCUT2D eigenvalue weighted by Gasteiger charge is -2.46. The lowest BCUT2D eigenvalue weighted by atomic mass is 10.1. The van der Waals surface area contributed by atoms with Crippen molar-refractivity contribution in [2.45, 2.75) is 233 Å². The Morgan fingerprint density at radius 3 is 0.809 bits per heavy atom. The van der Waals surface area contributed by atoms with E-state index in [1.807, 2.05) is 34.6 Å². The average molecular weight is 1090 g/mol. The highest BCUT2D eigenvalue weighted by Crippen LogP contribution is 2.50. The van der Waals surface area contributed by atoms with Crippen LogP contribution in [0.5, 0.6) is 0 Å². The standard InChI is InChI=1S/C43H88F5N5O10S5/c1-7-12-17-22-27-32-37-64(54,55)49(44)42(53(6,48)68(62,63)41-36-31-26-21-16-11-5)43(50(45)65(56,57)38-33-28-23-18-13-8-2,51(46)66(58,59)39-34-29-24-19-14-9-3)52(47)67(60,61)40-35-30-25-20-15-10-4/h7-41H2,1-6H3/q+1. The fraction of sp³-hybridized carbons (Fsp3) is 0.977. The number of hydrogen-bond acceptors (Lipinski definition) is 10. The van der Waals surface area contributed by atoms with Gasteiger partial charge in [-0.1, -0.05) is 195 Å². The number of hydrogen-bond donors (Lipinski definition) is 0. The molecule has 1 radical (unpaired) electrons. The molecule has 0 fully saturated rings. The molecule has 0 rings (SSSR count). The Bertz CT molecular complexity index is 1800. The second-order valence-corrected chi connectivity index (χ2v) is 27.9. The molecule has 0 saturated carbocycles. The van der Waals surface area contributed by atoms with Crippen LogP contribution in [0.2, 0.25) is 0 Å². The van der Waals surface area contributed by atoms with Crippen LogP contribution in [0.3, 0.4) is 0 Å². The van der Waals surface area contributed by atoms with Crippen LogP contribution in [0.25, 0.3) is 0 Å². The van der Waals surface area contributed by atoms with Gasteiger partial charge in [-0.2, -0.15) is 8.42 Å². The van der Waals surface area contributed by atoms with Crippen molar-refractivity contribution in [2.75, 3.05) is 35.8 Å². The summed E-state index contributed by atoms with van der Waals surface area (Å²) < 4.78 is 219. The highest BCUT2D eigenvalue weighted by Gasteiger charge is 2.81. The quantitative estimate of drug-likeness (QED) is 0.0246. The van der Waals surface area contributed by atoms with Crippen LogP contribution in [-0.2, 0) is 50.1 Å². The molecule has 0 N–H and O–H groups in total. The number of quaternary nitrogens is 1. The van der Waals surface area contributed by atoms with Crippen LogP contribution in [-0.4, -0.2) is 106 Å². The van der Waals surface area contributed by atoms with E-state index in [1.165, 1.54) is 0 Å². The van der Waals surface area contributed by atoms with Gasteiger partial charge >= 0.3 is 22.0 Å². The molecule has 0 aliphatic heterocycles. The zero-order valence-corrected chi connectivity index (χ0v) is 46.1. The smallest absolute Gasteiger partial charge is 0.210 e. The molecule has 0 spiro atoms. The molecule has 0 aromatic heterocycles. The van der Waals surface area contributed by atoms with Crippen molar-refractivity contribution in [3.8, 4) is 0 Å². The summed E-state index contributed by atoms with van der Waals surface area (Å²) in [6.07, 6.45) is 6.77. The van der Waals surface area contributed by atoms with Gasteiger partial charge in [-0.15, -0.1) is 17.9 Å². The number of sulfonamides is 5. The van der Waals surface area contributed by atoms with Gasteiger partial charge < -0.3 is 0 Å². The van der Waals surface area contributed by atoms with Gasteiger partial charge in [-0.25, -0.2) is 33.7 Å². The third kappa shape index (κ3) is 21.7. The summed E-state index contributed by atoms with van der Waals surface area (Å²) in [4.78, 5) is 0. The number of nitrogens with zero attached hydrogens (tertiary/aromatic N) is 5. The van der Waals surface area contributed by atoms with Crippen molar-refractivity contribution in [1.29, 1.82) is 0 Å². The van der Waals surface area contributed by atoms with Crippen molar-refractivity contribution in [3.63, 3.8) is 0 Å². The van der Waals surface area contributed by atoms with Crippen LogP contribution in [0.4, 0.5) is 22.4 Å². The molecule has 0 aromatic rings. The first kappa shape index (κ1) is 67.2. The van der Waals surface area contributed by atoms with E-state index in [4.69, 9.17) is 0 Å². The fourth-order valence-corrected chi connectivity index (χ4v) is 14.5. The van der Waals surface area contributed by atoms with Crippen molar-refractivity contribution >= 4 is 50.1 Å². The molecule has 0 aromatic carbocycles. The summed E-state index contributed by atoms with van der Waals surface area (Å²) in [5.41, 5.74) is 0. The number of rotatable bonds is 46. The third-order valence-electron chi connectivity index (χ3n) is 11.9. The van der Waals surface area contributed by atoms with Crippen molar-refractivity contribution < 1.29 is 68.6 Å². The third-order valence-corrected chi connectivity index (χ3v) is 20.0. The Morgan fingerprint density at radius 1 is 0.353 bits per heavy atom. The minimum Gasteiger partial charge on any atom is -0.210 e. The molecule has 0 aliphatic rings. The molecule has 68 heavy (non-hydrogen) atoms. The maximum atomic E-state index is 18.1. The molecule has 0 aliphatic carbocycles. The fourth-order valence-electron chi connectivity index (χ4n) is 7.61. The highest BCUT2D eigenvalue weighted by atomic mass is 32.2. The summed E-state index contributed by atoms with van der Waals surface area (Å²) in [6, 6.07) is 0. The van der Waals surface area contributed by atoms with Crippen LogP contribution in [0.15, 0.2) is 0 Å². The zero-order chi connectivity index (χ0) is 52.1. The maximum absolute atomic E-state index is 18.1. The van der Waals surface area contributed by atoms with Gasteiger partial charge in [0.15, 0.2) is 0 Å². The van der Waals surface area contributed by atoms with E-state index in [9.17, 15) is 42.1 Å². The van der Waals surface area contributed by atoms with Gasteiger partial charge in [-0.05, 0) is 32.1 Å². The summed E-state index contributed by atoms with van der Waals surface area (Å²) in [6.45, 7) is 9.46. The molecule has 0 amide bonds. The maximum Gasteiger partial charge on any atom is 0.385 e. The predicted molar refractivity (Wildman–Crippen MR) is 261 cm³/mol. The Balaban J connectivity index is 8.65. The van der Waals surface area contributed by atoms with E-state index in [0.29, 0.717) is 83.5 Å². The first-order valence-corrected chi connectivity index (χ1v) is 33.3. The highest BCUT2D eigenvalue weighted by molar-refractivity contribution is 7.91. The van der Waals surface area contributed by atoms with E-state index in [2.05, 4.69) is 0 Å². The average Bonchev–Trinajstić information content (AvgIpc) is 3.27. The van der Waals surface area contributed by atoms with Crippen LogP contribution in [0, 0.1) is 6.17 Å². The van der Waals surface area contributed by atoms with Gasteiger partial charge in [0.25, 0.3) is 0 Å². The van der Waals surface area contributed by atoms with E-state index in [1.54, 1.807) is 0 Å². The summed E-state index contributed by atoms with van der Waals surface area (Å²) in [5, 5.41) is 0. The van der Waals surface area contributed by atoms with Crippen molar-refractivity contribution in [3.05, 3.63) is 6.17 Å². The minimum atomic E-state index is -6.19. The first-order chi connectivity index (χ1) is 31.8. The van der Waals surface area contributed by atoms with Gasteiger partial charge in [-0.3, -0.25) is 0 Å². The van der Waals surface area contributed by atoms with Gasteiger partial charge in [0.1, 0.15) is 12.8 Å². The molecule has 0 bridgehead atoms. The molecular weight excluding hydrogens is 1000 g/mol. The molecular formula is C43H88F5N5O10S5+. The Kier molecular flexibility index (Phi) is 33.4. The Morgan fingerprint density at radius 2 is 0.559 bits per heavy atom. The Hall–Kier alpha value is -0.800. The van der Waals surface area contributed by atoms with E-state index in [-0.39, 0.29) is 39.2 Å². The van der Waals surface area contributed by atoms with E-state index >= 15 is 22.4 Å². The summed E-state index contributed by atoms with van der Waals surface area (Å²) >= 11 is 0. The van der Waals surface area contributed by atoms with Crippen LogP contribution < -0.4 is 0 Å². The molecule has 1 atom stereocenters. The van der Waals surface area contributed by atoms with Gasteiger partial charge in [0, 0.05) is 26.7 Å². The van der Waals surface area contributed by atoms with Gasteiger partial charge in [0.05, 0.1) is 23.0 Å². The second kappa shape index (κ2) is 33.8. The lowest BCUT2D eigenvalue weighted by molar-refractivity contribution is -0.938. The SMILES string of the molecule is CCCCCCCCS(=O)(=O)N(F)[C](C(N(F)S(=O)(=O)CCCCCCCC)(N(F)S(=O)(=O)CCCCCCCC)N(F)S(=O)(=O)CCCCCCCC)[N+](C)(F)S(=O)(=O)CCCCCCCC. The second-order valence-electron chi connectivity index (χ2n) is 18.0. The van der Waals surface area contributed by atoms with Crippen molar-refractivity contribution in [1.82, 2.24) is 18.1 Å². The number of unbranched alkanes of at least 4 members (excludes halogenated alkanes) is 25.